The number of methoxy groups -OCH3 is 1. The molecule has 4 nitrogen and oxygen atoms in total. The zero-order valence-electron chi connectivity index (χ0n) is 16.3. The van der Waals surface area contributed by atoms with Crippen LogP contribution in [0.4, 0.5) is 0 Å². The van der Waals surface area contributed by atoms with E-state index in [4.69, 9.17) is 14.2 Å². The van der Waals surface area contributed by atoms with Gasteiger partial charge in [0.15, 0.2) is 0 Å². The number of hydrogen-bond donors (Lipinski definition) is 0. The van der Waals surface area contributed by atoms with E-state index in [-0.39, 0.29) is 18.0 Å². The number of rotatable bonds is 7. The average molecular weight is 376 g/mol. The molecule has 0 saturated carbocycles. The van der Waals surface area contributed by atoms with E-state index in [9.17, 15) is 4.79 Å². The van der Waals surface area contributed by atoms with Gasteiger partial charge >= 0.3 is 5.97 Å². The van der Waals surface area contributed by atoms with Gasteiger partial charge < -0.3 is 14.2 Å². The predicted molar refractivity (Wildman–Crippen MR) is 109 cm³/mol. The van der Waals surface area contributed by atoms with Crippen LogP contribution < -0.4 is 9.47 Å². The number of hydrogen-bond acceptors (Lipinski definition) is 4. The Labute approximate surface area is 165 Å². The molecule has 0 heterocycles. The van der Waals surface area contributed by atoms with Gasteiger partial charge in [0.1, 0.15) is 23.9 Å². The van der Waals surface area contributed by atoms with Crippen molar-refractivity contribution in [1.82, 2.24) is 0 Å². The molecule has 0 amide bonds. The topological polar surface area (TPSA) is 44.8 Å². The van der Waals surface area contributed by atoms with E-state index in [1.165, 1.54) is 0 Å². The molecule has 0 spiro atoms. The first-order valence-electron chi connectivity index (χ1n) is 9.12. The first kappa shape index (κ1) is 19.5. The Morgan fingerprint density at radius 3 is 2.18 bits per heavy atom. The molecule has 0 bridgehead atoms. The molecule has 3 aromatic rings. The van der Waals surface area contributed by atoms with Gasteiger partial charge in [-0.1, -0.05) is 50.2 Å². The molecular formula is C24H24O4. The van der Waals surface area contributed by atoms with Crippen LogP contribution in [0.3, 0.4) is 0 Å². The quantitative estimate of drug-likeness (QED) is 0.502. The standard InChI is InChI=1S/C24H24O4/c1-24(2,19-12-14-20(26-3)15-13-19)17-27-23(25)18-8-7-11-22(16-18)28-21-9-5-4-6-10-21/h4-16H,17H2,1-3H3. The molecule has 0 saturated heterocycles. The van der Waals surface area contributed by atoms with Crippen LogP contribution >= 0.6 is 0 Å². The minimum atomic E-state index is -0.375. The van der Waals surface area contributed by atoms with Crippen LogP contribution in [0.25, 0.3) is 0 Å². The summed E-state index contributed by atoms with van der Waals surface area (Å²) in [5, 5.41) is 0. The van der Waals surface area contributed by atoms with Crippen LogP contribution in [0.5, 0.6) is 17.2 Å². The van der Waals surface area contributed by atoms with E-state index < -0.39 is 0 Å². The monoisotopic (exact) mass is 376 g/mol. The fourth-order valence-corrected chi connectivity index (χ4v) is 2.77. The second-order valence-electron chi connectivity index (χ2n) is 7.13. The molecule has 0 radical (unpaired) electrons. The Morgan fingerprint density at radius 2 is 1.50 bits per heavy atom. The highest BCUT2D eigenvalue weighted by Crippen LogP contribution is 2.27. The van der Waals surface area contributed by atoms with Crippen molar-refractivity contribution in [2.24, 2.45) is 0 Å². The lowest BCUT2D eigenvalue weighted by Crippen LogP contribution is -2.26. The van der Waals surface area contributed by atoms with Gasteiger partial charge in [0.25, 0.3) is 0 Å². The molecule has 0 N–H and O–H groups in total. The highest BCUT2D eigenvalue weighted by atomic mass is 16.5. The summed E-state index contributed by atoms with van der Waals surface area (Å²) in [6.07, 6.45) is 0. The van der Waals surface area contributed by atoms with Crippen molar-refractivity contribution in [2.75, 3.05) is 13.7 Å². The molecule has 0 atom stereocenters. The molecule has 0 aliphatic heterocycles. The Morgan fingerprint density at radius 1 is 0.821 bits per heavy atom. The lowest BCUT2D eigenvalue weighted by molar-refractivity contribution is 0.0426. The fourth-order valence-electron chi connectivity index (χ4n) is 2.77. The minimum absolute atomic E-state index is 0.266. The van der Waals surface area contributed by atoms with Crippen molar-refractivity contribution in [3.05, 3.63) is 90.0 Å². The lowest BCUT2D eigenvalue weighted by Gasteiger charge is -2.25. The number of ether oxygens (including phenoxy) is 3. The first-order chi connectivity index (χ1) is 13.5. The van der Waals surface area contributed by atoms with Gasteiger partial charge in [-0.15, -0.1) is 0 Å². The van der Waals surface area contributed by atoms with Gasteiger partial charge in [0, 0.05) is 5.41 Å². The zero-order valence-corrected chi connectivity index (χ0v) is 16.3. The van der Waals surface area contributed by atoms with E-state index >= 15 is 0 Å². The zero-order chi connectivity index (χ0) is 20.0. The highest BCUT2D eigenvalue weighted by Gasteiger charge is 2.23. The van der Waals surface area contributed by atoms with Crippen LogP contribution in [0.1, 0.15) is 29.8 Å². The van der Waals surface area contributed by atoms with Crippen LogP contribution in [0, 0.1) is 0 Å². The Balaban J connectivity index is 1.64. The summed E-state index contributed by atoms with van der Waals surface area (Å²) < 4.78 is 16.6. The van der Waals surface area contributed by atoms with Gasteiger partial charge in [0.05, 0.1) is 12.7 Å². The van der Waals surface area contributed by atoms with Crippen molar-refractivity contribution < 1.29 is 19.0 Å². The van der Waals surface area contributed by atoms with Crippen LogP contribution in [0.15, 0.2) is 78.9 Å². The second-order valence-corrected chi connectivity index (χ2v) is 7.13. The third kappa shape index (κ3) is 4.92. The summed E-state index contributed by atoms with van der Waals surface area (Å²) in [5.74, 6) is 1.73. The lowest BCUT2D eigenvalue weighted by atomic mass is 9.85. The molecular weight excluding hydrogens is 352 g/mol. The molecule has 3 rings (SSSR count). The van der Waals surface area contributed by atoms with Crippen molar-refractivity contribution >= 4 is 5.97 Å². The summed E-state index contributed by atoms with van der Waals surface area (Å²) in [6, 6.07) is 24.2. The van der Waals surface area contributed by atoms with Crippen LogP contribution in [-0.4, -0.2) is 19.7 Å². The molecule has 144 valence electrons. The number of carbonyl (C=O) groups is 1. The normalized spacial score (nSPS) is 11.0. The van der Waals surface area contributed by atoms with Gasteiger partial charge in [-0.2, -0.15) is 0 Å². The van der Waals surface area contributed by atoms with Crippen molar-refractivity contribution in [3.63, 3.8) is 0 Å². The van der Waals surface area contributed by atoms with Crippen molar-refractivity contribution in [1.29, 1.82) is 0 Å². The molecule has 4 heteroatoms. The number of carbonyl (C=O) groups excluding carboxylic acids is 1. The maximum atomic E-state index is 12.5. The number of esters is 1. The Hall–Kier alpha value is -3.27. The van der Waals surface area contributed by atoms with Crippen molar-refractivity contribution in [3.8, 4) is 17.2 Å². The molecule has 0 aliphatic rings. The summed E-state index contributed by atoms with van der Waals surface area (Å²) in [5.41, 5.74) is 1.21. The largest absolute Gasteiger partial charge is 0.497 e. The summed E-state index contributed by atoms with van der Waals surface area (Å²) in [7, 11) is 1.64. The first-order valence-corrected chi connectivity index (χ1v) is 9.12. The second kappa shape index (κ2) is 8.61. The smallest absolute Gasteiger partial charge is 0.338 e. The van der Waals surface area contributed by atoms with E-state index in [0.29, 0.717) is 17.1 Å². The summed E-state index contributed by atoms with van der Waals surface area (Å²) >= 11 is 0. The van der Waals surface area contributed by atoms with E-state index in [0.717, 1.165) is 11.3 Å². The molecule has 0 fully saturated rings. The molecule has 3 aromatic carbocycles. The summed E-state index contributed by atoms with van der Waals surface area (Å²) in [4.78, 5) is 12.5. The molecule has 0 aromatic heterocycles. The molecule has 0 aliphatic carbocycles. The molecule has 28 heavy (non-hydrogen) atoms. The summed E-state index contributed by atoms with van der Waals surface area (Å²) in [6.45, 7) is 4.34. The molecule has 0 unspecified atom stereocenters. The Kier molecular flexibility index (Phi) is 5.99. The fraction of sp³-hybridized carbons (Fsp3) is 0.208. The van der Waals surface area contributed by atoms with Gasteiger partial charge in [-0.05, 0) is 48.0 Å². The highest BCUT2D eigenvalue weighted by molar-refractivity contribution is 5.89. The van der Waals surface area contributed by atoms with Gasteiger partial charge in [-0.25, -0.2) is 4.79 Å². The maximum Gasteiger partial charge on any atom is 0.338 e. The third-order valence-electron chi connectivity index (χ3n) is 4.48. The van der Waals surface area contributed by atoms with Crippen LogP contribution in [0.2, 0.25) is 0 Å². The van der Waals surface area contributed by atoms with Crippen LogP contribution in [-0.2, 0) is 10.2 Å². The maximum absolute atomic E-state index is 12.5. The van der Waals surface area contributed by atoms with E-state index in [2.05, 4.69) is 0 Å². The third-order valence-corrected chi connectivity index (χ3v) is 4.48. The average Bonchev–Trinajstić information content (AvgIpc) is 2.73. The van der Waals surface area contributed by atoms with E-state index in [1.54, 1.807) is 25.3 Å². The van der Waals surface area contributed by atoms with Gasteiger partial charge in [0.2, 0.25) is 0 Å². The predicted octanol–water partition coefficient (Wildman–Crippen LogP) is 5.62. The van der Waals surface area contributed by atoms with E-state index in [1.807, 2.05) is 74.5 Å². The van der Waals surface area contributed by atoms with Crippen molar-refractivity contribution in [2.45, 2.75) is 19.3 Å². The Bertz CT molecular complexity index is 915. The SMILES string of the molecule is COc1ccc(C(C)(C)COC(=O)c2cccc(Oc3ccccc3)c2)cc1. The van der Waals surface area contributed by atoms with Gasteiger partial charge in [-0.3, -0.25) is 0 Å². The number of para-hydroxylation sites is 1. The number of benzene rings is 3. The minimum Gasteiger partial charge on any atom is -0.497 e.